The van der Waals surface area contributed by atoms with E-state index in [1.165, 1.54) is 0 Å². The van der Waals surface area contributed by atoms with Crippen LogP contribution in [-0.4, -0.2) is 71.8 Å². The first-order valence-corrected chi connectivity index (χ1v) is 13.0. The Hall–Kier alpha value is -3.07. The summed E-state index contributed by atoms with van der Waals surface area (Å²) in [4.78, 5) is 6.57. The molecule has 0 aliphatic carbocycles. The van der Waals surface area contributed by atoms with Crippen LogP contribution in [0.1, 0.15) is 30.3 Å². The average molecular weight is 510 g/mol. The van der Waals surface area contributed by atoms with Crippen molar-refractivity contribution in [2.24, 2.45) is 0 Å². The maximum Gasteiger partial charge on any atom is 0.161 e. The van der Waals surface area contributed by atoms with Crippen LogP contribution in [0.2, 0.25) is 0 Å². The first kappa shape index (κ1) is 27.0. The molecular formula is C29H39N3O5. The molecule has 0 bridgehead atoms. The van der Waals surface area contributed by atoms with Gasteiger partial charge in [-0.2, -0.15) is 0 Å². The van der Waals surface area contributed by atoms with Crippen molar-refractivity contribution in [3.63, 3.8) is 0 Å². The number of nitrogens with zero attached hydrogens (tertiary/aromatic N) is 3. The van der Waals surface area contributed by atoms with Gasteiger partial charge in [0.25, 0.3) is 0 Å². The summed E-state index contributed by atoms with van der Waals surface area (Å²) in [6.45, 7) is 8.37. The van der Waals surface area contributed by atoms with Crippen LogP contribution in [-0.2, 0) is 24.2 Å². The minimum atomic E-state index is -1.10. The lowest BCUT2D eigenvalue weighted by atomic mass is 10.1. The summed E-state index contributed by atoms with van der Waals surface area (Å²) in [7, 11) is 1.65. The Morgan fingerprint density at radius 2 is 2.03 bits per heavy atom. The normalized spacial score (nSPS) is 18.4. The molecular weight excluding hydrogens is 470 g/mol. The van der Waals surface area contributed by atoms with Gasteiger partial charge < -0.3 is 28.6 Å². The summed E-state index contributed by atoms with van der Waals surface area (Å²) in [6, 6.07) is 13.9. The van der Waals surface area contributed by atoms with Crippen LogP contribution in [0.15, 0.2) is 54.9 Å². The number of aliphatic hydroxyl groups is 1. The smallest absolute Gasteiger partial charge is 0.161 e. The molecule has 0 amide bonds. The van der Waals surface area contributed by atoms with Gasteiger partial charge in [-0.3, -0.25) is 4.90 Å². The Morgan fingerprint density at radius 1 is 1.14 bits per heavy atom. The molecule has 4 rings (SSSR count). The van der Waals surface area contributed by atoms with E-state index in [1.807, 2.05) is 61.8 Å². The van der Waals surface area contributed by atoms with Gasteiger partial charge in [0, 0.05) is 45.0 Å². The monoisotopic (exact) mass is 509 g/mol. The molecule has 1 aliphatic rings. The van der Waals surface area contributed by atoms with Gasteiger partial charge in [0.05, 0.1) is 26.9 Å². The highest BCUT2D eigenvalue weighted by atomic mass is 16.5. The third-order valence-electron chi connectivity index (χ3n) is 6.49. The zero-order valence-electron chi connectivity index (χ0n) is 22.2. The number of methoxy groups -OCH3 is 1. The van der Waals surface area contributed by atoms with Crippen LogP contribution >= 0.6 is 0 Å². The Bertz CT molecular complexity index is 1130. The van der Waals surface area contributed by atoms with Gasteiger partial charge in [-0.25, -0.2) is 4.98 Å². The molecule has 2 heterocycles. The lowest BCUT2D eigenvalue weighted by Gasteiger charge is -2.30. The highest BCUT2D eigenvalue weighted by molar-refractivity contribution is 5.43. The lowest BCUT2D eigenvalue weighted by Crippen LogP contribution is -2.48. The zero-order valence-corrected chi connectivity index (χ0v) is 22.2. The summed E-state index contributed by atoms with van der Waals surface area (Å²) >= 11 is 0. The first-order chi connectivity index (χ1) is 18.0. The molecule has 8 heteroatoms. The van der Waals surface area contributed by atoms with E-state index in [1.54, 1.807) is 7.11 Å². The second-order valence-corrected chi connectivity index (χ2v) is 9.67. The van der Waals surface area contributed by atoms with E-state index >= 15 is 0 Å². The summed E-state index contributed by atoms with van der Waals surface area (Å²) in [5.41, 5.74) is 1.10. The van der Waals surface area contributed by atoms with E-state index in [9.17, 15) is 5.11 Å². The largest absolute Gasteiger partial charge is 0.493 e. The van der Waals surface area contributed by atoms with Crippen LogP contribution in [0.25, 0.3) is 0 Å². The molecule has 37 heavy (non-hydrogen) atoms. The topological polar surface area (TPSA) is 78.2 Å². The number of aryl methyl sites for hydroxylation is 3. The number of imidazole rings is 1. The van der Waals surface area contributed by atoms with Gasteiger partial charge >= 0.3 is 0 Å². The van der Waals surface area contributed by atoms with Gasteiger partial charge in [0.1, 0.15) is 23.8 Å². The van der Waals surface area contributed by atoms with E-state index in [2.05, 4.69) is 21.4 Å². The molecule has 1 N–H and O–H groups in total. The van der Waals surface area contributed by atoms with E-state index in [-0.39, 0.29) is 13.2 Å². The van der Waals surface area contributed by atoms with Gasteiger partial charge in [-0.1, -0.05) is 25.1 Å². The molecule has 1 atom stereocenters. The predicted molar refractivity (Wildman–Crippen MR) is 142 cm³/mol. The second kappa shape index (κ2) is 12.9. The number of hydrogen-bond acceptors (Lipinski definition) is 7. The van der Waals surface area contributed by atoms with Crippen molar-refractivity contribution in [2.75, 3.05) is 46.6 Å². The third-order valence-corrected chi connectivity index (χ3v) is 6.49. The molecule has 0 spiro atoms. The van der Waals surface area contributed by atoms with Crippen molar-refractivity contribution in [2.45, 2.75) is 45.4 Å². The molecule has 1 unspecified atom stereocenters. The average Bonchev–Trinajstić information content (AvgIpc) is 3.27. The highest BCUT2D eigenvalue weighted by Crippen LogP contribution is 2.29. The maximum atomic E-state index is 11.3. The summed E-state index contributed by atoms with van der Waals surface area (Å²) in [6.07, 6.45) is 5.64. The Kier molecular flexibility index (Phi) is 9.44. The van der Waals surface area contributed by atoms with E-state index < -0.39 is 5.60 Å². The van der Waals surface area contributed by atoms with E-state index in [0.29, 0.717) is 32.1 Å². The number of rotatable bonds is 12. The molecule has 8 nitrogen and oxygen atoms in total. The molecule has 3 aromatic rings. The Morgan fingerprint density at radius 3 is 2.84 bits per heavy atom. The predicted octanol–water partition coefficient (Wildman–Crippen LogP) is 3.87. The molecule has 1 aromatic heterocycles. The second-order valence-electron chi connectivity index (χ2n) is 9.67. The van der Waals surface area contributed by atoms with Gasteiger partial charge in [0.15, 0.2) is 11.5 Å². The van der Waals surface area contributed by atoms with Crippen LogP contribution in [0.3, 0.4) is 0 Å². The van der Waals surface area contributed by atoms with Gasteiger partial charge in [-0.05, 0) is 48.7 Å². The van der Waals surface area contributed by atoms with Crippen molar-refractivity contribution in [1.29, 1.82) is 0 Å². The minimum Gasteiger partial charge on any atom is -0.493 e. The SMILES string of the molecule is CCc1nccn1CCCOc1cc(CN2CCOCC(O)(COc3cccc(C)c3)C2)ccc1OC. The molecule has 1 fully saturated rings. The minimum absolute atomic E-state index is 0.167. The van der Waals surface area contributed by atoms with Crippen LogP contribution < -0.4 is 14.2 Å². The molecule has 0 saturated carbocycles. The fourth-order valence-electron chi connectivity index (χ4n) is 4.61. The first-order valence-electron chi connectivity index (χ1n) is 13.0. The number of hydrogen-bond donors (Lipinski definition) is 1. The Labute approximate surface area is 219 Å². The van der Waals surface area contributed by atoms with Crippen molar-refractivity contribution in [3.8, 4) is 17.2 Å². The summed E-state index contributed by atoms with van der Waals surface area (Å²) < 4.78 is 25.5. The number of β-amino-alcohol motifs (C(OH)–C–C–N with tert-alkyl or cyclic N) is 1. The lowest BCUT2D eigenvalue weighted by molar-refractivity contribution is -0.0646. The molecule has 2 aromatic carbocycles. The van der Waals surface area contributed by atoms with Crippen molar-refractivity contribution < 1.29 is 24.1 Å². The maximum absolute atomic E-state index is 11.3. The van der Waals surface area contributed by atoms with Gasteiger partial charge in [0.2, 0.25) is 0 Å². The van der Waals surface area contributed by atoms with Crippen LogP contribution in [0, 0.1) is 6.92 Å². The van der Waals surface area contributed by atoms with Crippen LogP contribution in [0.5, 0.6) is 17.2 Å². The van der Waals surface area contributed by atoms with E-state index in [0.717, 1.165) is 54.4 Å². The summed E-state index contributed by atoms with van der Waals surface area (Å²) in [5, 5.41) is 11.3. The fraction of sp³-hybridized carbons (Fsp3) is 0.483. The zero-order chi connectivity index (χ0) is 26.1. The standard InChI is InChI=1S/C29H39N3O5/c1-4-28-30-11-13-32(28)12-6-15-36-27-18-24(9-10-26(27)34-3)19-31-14-16-35-21-29(33,20-31)22-37-25-8-5-7-23(2)17-25/h5,7-11,13,17-18,33H,4,6,12,14-16,19-22H2,1-3H3. The number of aromatic nitrogens is 2. The molecule has 1 aliphatic heterocycles. The van der Waals surface area contributed by atoms with Crippen molar-refractivity contribution in [1.82, 2.24) is 14.5 Å². The number of benzene rings is 2. The van der Waals surface area contributed by atoms with Crippen molar-refractivity contribution >= 4 is 0 Å². The summed E-state index contributed by atoms with van der Waals surface area (Å²) in [5.74, 6) is 3.28. The van der Waals surface area contributed by atoms with E-state index in [4.69, 9.17) is 18.9 Å². The van der Waals surface area contributed by atoms with Gasteiger partial charge in [-0.15, -0.1) is 0 Å². The Balaban J connectivity index is 1.34. The third kappa shape index (κ3) is 7.71. The molecule has 0 radical (unpaired) electrons. The highest BCUT2D eigenvalue weighted by Gasteiger charge is 2.33. The fourth-order valence-corrected chi connectivity index (χ4v) is 4.61. The quantitative estimate of drug-likeness (QED) is 0.371. The molecule has 1 saturated heterocycles. The van der Waals surface area contributed by atoms with Crippen LogP contribution in [0.4, 0.5) is 0 Å². The number of ether oxygens (including phenoxy) is 4. The van der Waals surface area contributed by atoms with Crippen molar-refractivity contribution in [3.05, 3.63) is 71.8 Å². The molecule has 200 valence electrons.